The highest BCUT2D eigenvalue weighted by Gasteiger charge is 2.19. The lowest BCUT2D eigenvalue weighted by molar-refractivity contribution is 0.0701. The van der Waals surface area contributed by atoms with E-state index in [1.165, 1.54) is 12.1 Å². The first-order valence-corrected chi connectivity index (χ1v) is 8.64. The van der Waals surface area contributed by atoms with Crippen LogP contribution in [0, 0.1) is 18.3 Å². The van der Waals surface area contributed by atoms with Crippen molar-refractivity contribution in [3.8, 4) is 6.07 Å². The van der Waals surface area contributed by atoms with Gasteiger partial charge in [-0.15, -0.1) is 22.7 Å². The van der Waals surface area contributed by atoms with Gasteiger partial charge in [-0.2, -0.15) is 5.26 Å². The van der Waals surface area contributed by atoms with E-state index in [1.807, 2.05) is 6.07 Å². The summed E-state index contributed by atoms with van der Waals surface area (Å²) in [5, 5.41) is 18.0. The SMILES string of the molecule is Cc1nc(CNS(=O)(=O)c2ccc(C#N)s2)sc1C(=O)O. The van der Waals surface area contributed by atoms with E-state index in [0.717, 1.165) is 22.7 Å². The van der Waals surface area contributed by atoms with E-state index in [9.17, 15) is 13.2 Å². The minimum Gasteiger partial charge on any atom is -0.477 e. The van der Waals surface area contributed by atoms with Gasteiger partial charge in [0.1, 0.15) is 25.0 Å². The van der Waals surface area contributed by atoms with Gasteiger partial charge in [0.05, 0.1) is 12.2 Å². The van der Waals surface area contributed by atoms with Crippen molar-refractivity contribution in [2.75, 3.05) is 0 Å². The third kappa shape index (κ3) is 3.45. The zero-order valence-electron chi connectivity index (χ0n) is 10.7. The Bertz CT molecular complexity index is 829. The predicted octanol–water partition coefficient (Wildman–Crippen LogP) is 1.56. The van der Waals surface area contributed by atoms with Gasteiger partial charge in [-0.05, 0) is 19.1 Å². The third-order valence-corrected chi connectivity index (χ3v) is 6.43. The average Bonchev–Trinajstić information content (AvgIpc) is 3.03. The van der Waals surface area contributed by atoms with Crippen molar-refractivity contribution in [2.24, 2.45) is 0 Å². The molecule has 0 saturated carbocycles. The Hall–Kier alpha value is -1.80. The lowest BCUT2D eigenvalue weighted by Crippen LogP contribution is -2.22. The molecule has 2 aromatic heterocycles. The van der Waals surface area contributed by atoms with Crippen molar-refractivity contribution in [3.63, 3.8) is 0 Å². The van der Waals surface area contributed by atoms with Crippen LogP contribution in [0.5, 0.6) is 0 Å². The second-order valence-corrected chi connectivity index (χ2v) is 8.04. The van der Waals surface area contributed by atoms with Crippen molar-refractivity contribution in [2.45, 2.75) is 17.7 Å². The van der Waals surface area contributed by atoms with Crippen molar-refractivity contribution in [3.05, 3.63) is 32.6 Å². The zero-order chi connectivity index (χ0) is 15.6. The molecule has 21 heavy (non-hydrogen) atoms. The molecule has 0 aliphatic carbocycles. The predicted molar refractivity (Wildman–Crippen MR) is 76.9 cm³/mol. The second kappa shape index (κ2) is 5.90. The summed E-state index contributed by atoms with van der Waals surface area (Å²) < 4.78 is 26.4. The van der Waals surface area contributed by atoms with Crippen LogP contribution in [0.1, 0.15) is 25.3 Å². The fourth-order valence-electron chi connectivity index (χ4n) is 1.48. The first-order valence-electron chi connectivity index (χ1n) is 5.52. The van der Waals surface area contributed by atoms with Crippen LogP contribution in [0.4, 0.5) is 0 Å². The molecule has 0 aromatic carbocycles. The highest BCUT2D eigenvalue weighted by Crippen LogP contribution is 2.22. The molecule has 7 nitrogen and oxygen atoms in total. The number of aromatic carboxylic acids is 1. The number of nitrogens with zero attached hydrogens (tertiary/aromatic N) is 2. The number of aromatic nitrogens is 1. The van der Waals surface area contributed by atoms with E-state index in [1.54, 1.807) is 6.92 Å². The number of carbonyl (C=O) groups is 1. The lowest BCUT2D eigenvalue weighted by atomic mass is 10.4. The first-order chi connectivity index (χ1) is 9.83. The number of thiophene rings is 1. The summed E-state index contributed by atoms with van der Waals surface area (Å²) in [6.45, 7) is 1.46. The Kier molecular flexibility index (Phi) is 4.38. The Morgan fingerprint density at radius 3 is 2.71 bits per heavy atom. The molecule has 0 unspecified atom stereocenters. The van der Waals surface area contributed by atoms with Crippen molar-refractivity contribution in [1.82, 2.24) is 9.71 Å². The molecule has 0 spiro atoms. The smallest absolute Gasteiger partial charge is 0.347 e. The van der Waals surface area contributed by atoms with Gasteiger partial charge in [-0.25, -0.2) is 22.9 Å². The van der Waals surface area contributed by atoms with Gasteiger partial charge in [0.2, 0.25) is 10.0 Å². The summed E-state index contributed by atoms with van der Waals surface area (Å²) >= 11 is 1.79. The van der Waals surface area contributed by atoms with Gasteiger partial charge >= 0.3 is 5.97 Å². The first kappa shape index (κ1) is 15.6. The summed E-state index contributed by atoms with van der Waals surface area (Å²) in [6.07, 6.45) is 0. The number of aryl methyl sites for hydroxylation is 1. The van der Waals surface area contributed by atoms with Gasteiger partial charge in [-0.1, -0.05) is 0 Å². The van der Waals surface area contributed by atoms with E-state index in [2.05, 4.69) is 9.71 Å². The summed E-state index contributed by atoms with van der Waals surface area (Å²) in [4.78, 5) is 15.3. The Labute approximate surface area is 128 Å². The molecule has 10 heteroatoms. The maximum Gasteiger partial charge on any atom is 0.347 e. The molecule has 0 bridgehead atoms. The number of nitrogens with one attached hydrogen (secondary N) is 1. The maximum absolute atomic E-state index is 12.0. The van der Waals surface area contributed by atoms with Crippen LogP contribution < -0.4 is 4.72 Å². The fraction of sp³-hybridized carbons (Fsp3) is 0.182. The summed E-state index contributed by atoms with van der Waals surface area (Å²) in [6, 6.07) is 4.64. The Morgan fingerprint density at radius 1 is 1.48 bits per heavy atom. The van der Waals surface area contributed by atoms with E-state index in [0.29, 0.717) is 15.6 Å². The normalized spacial score (nSPS) is 11.2. The molecule has 0 atom stereocenters. The standard InChI is InChI=1S/C11H9N3O4S3/c1-6-10(11(15)16)20-8(14-6)5-13-21(17,18)9-3-2-7(4-12)19-9/h2-3,13H,5H2,1H3,(H,15,16). The van der Waals surface area contributed by atoms with E-state index >= 15 is 0 Å². The Morgan fingerprint density at radius 2 is 2.19 bits per heavy atom. The number of rotatable bonds is 5. The van der Waals surface area contributed by atoms with Gasteiger partial charge in [0.25, 0.3) is 0 Å². The molecule has 2 aromatic rings. The molecule has 0 aliphatic rings. The van der Waals surface area contributed by atoms with Gasteiger partial charge in [-0.3, -0.25) is 0 Å². The van der Waals surface area contributed by atoms with Crippen LogP contribution in [0.15, 0.2) is 16.3 Å². The minimum atomic E-state index is -3.73. The van der Waals surface area contributed by atoms with Gasteiger partial charge in [0, 0.05) is 0 Å². The van der Waals surface area contributed by atoms with Crippen molar-refractivity contribution < 1.29 is 18.3 Å². The number of thiazole rings is 1. The highest BCUT2D eigenvalue weighted by molar-refractivity contribution is 7.91. The number of carboxylic acids is 1. The van der Waals surface area contributed by atoms with Crippen LogP contribution in [0.2, 0.25) is 0 Å². The van der Waals surface area contributed by atoms with Crippen molar-refractivity contribution >= 4 is 38.7 Å². The number of hydrogen-bond donors (Lipinski definition) is 2. The molecule has 110 valence electrons. The second-order valence-electron chi connectivity index (χ2n) is 3.88. The van der Waals surface area contributed by atoms with Crippen LogP contribution in [-0.4, -0.2) is 24.5 Å². The summed E-state index contributed by atoms with van der Waals surface area (Å²) in [5.74, 6) is -1.09. The van der Waals surface area contributed by atoms with E-state index < -0.39 is 16.0 Å². The van der Waals surface area contributed by atoms with Gasteiger partial charge in [0.15, 0.2) is 0 Å². The number of sulfonamides is 1. The molecular weight excluding hydrogens is 334 g/mol. The van der Waals surface area contributed by atoms with Crippen LogP contribution in [-0.2, 0) is 16.6 Å². The highest BCUT2D eigenvalue weighted by atomic mass is 32.2. The molecule has 0 aliphatic heterocycles. The molecule has 2 heterocycles. The summed E-state index contributed by atoms with van der Waals surface area (Å²) in [7, 11) is -3.73. The Balaban J connectivity index is 2.14. The van der Waals surface area contributed by atoms with E-state index in [-0.39, 0.29) is 15.6 Å². The minimum absolute atomic E-state index is 0.0331. The lowest BCUT2D eigenvalue weighted by Gasteiger charge is -2.01. The molecule has 2 rings (SSSR count). The van der Waals surface area contributed by atoms with E-state index in [4.69, 9.17) is 10.4 Å². The fourth-order valence-corrected chi connectivity index (χ4v) is 4.55. The largest absolute Gasteiger partial charge is 0.477 e. The monoisotopic (exact) mass is 343 g/mol. The molecule has 0 saturated heterocycles. The molecule has 0 radical (unpaired) electrons. The zero-order valence-corrected chi connectivity index (χ0v) is 13.1. The van der Waals surface area contributed by atoms with Crippen LogP contribution in [0.3, 0.4) is 0 Å². The van der Waals surface area contributed by atoms with Crippen molar-refractivity contribution in [1.29, 1.82) is 5.26 Å². The topological polar surface area (TPSA) is 120 Å². The van der Waals surface area contributed by atoms with Crippen LogP contribution in [0.25, 0.3) is 0 Å². The number of carboxylic acid groups (broad SMARTS) is 1. The average molecular weight is 343 g/mol. The molecule has 0 amide bonds. The number of nitriles is 1. The van der Waals surface area contributed by atoms with Crippen LogP contribution >= 0.6 is 22.7 Å². The van der Waals surface area contributed by atoms with Gasteiger partial charge < -0.3 is 5.11 Å². The molecule has 0 fully saturated rings. The third-order valence-electron chi connectivity index (χ3n) is 2.40. The summed E-state index contributed by atoms with van der Waals surface area (Å²) in [5.41, 5.74) is 0.351. The number of hydrogen-bond acceptors (Lipinski definition) is 7. The molecular formula is C11H9N3O4S3. The maximum atomic E-state index is 12.0. The quantitative estimate of drug-likeness (QED) is 0.850. The molecule has 2 N–H and O–H groups in total.